The molecule has 2 N–H and O–H groups in total. The molecule has 1 amide bonds. The van der Waals surface area contributed by atoms with Crippen LogP contribution in [-0.2, 0) is 11.3 Å². The largest absolute Gasteiger partial charge is 0.493 e. The van der Waals surface area contributed by atoms with Crippen LogP contribution in [0.1, 0.15) is 38.7 Å². The lowest BCUT2D eigenvalue weighted by atomic mass is 10.1. The fourth-order valence-corrected chi connectivity index (χ4v) is 2.16. The van der Waals surface area contributed by atoms with E-state index in [1.807, 2.05) is 24.3 Å². The fourth-order valence-electron chi connectivity index (χ4n) is 2.16. The van der Waals surface area contributed by atoms with Gasteiger partial charge in [0.1, 0.15) is 5.75 Å². The van der Waals surface area contributed by atoms with E-state index >= 15 is 0 Å². The first kappa shape index (κ1) is 19.8. The Labute approximate surface area is 145 Å². The zero-order valence-corrected chi connectivity index (χ0v) is 15.0. The molecular formula is C18H29ClN2O2. The van der Waals surface area contributed by atoms with Gasteiger partial charge in [0.2, 0.25) is 5.91 Å². The summed E-state index contributed by atoms with van der Waals surface area (Å²) >= 11 is 0. The Kier molecular flexibility index (Phi) is 9.03. The standard InChI is InChI=1S/C18H28N2O2.ClH/c1-14(2)9-10-22-17-6-4-3-5-16(17)12-20-18(21)13-19-11-15-7-8-15;/h3-6,14-15,19H,7-13H2,1-2H3,(H,20,21);1H. The Morgan fingerprint density at radius 2 is 2.04 bits per heavy atom. The molecule has 1 aliphatic rings. The average molecular weight is 341 g/mol. The first-order chi connectivity index (χ1) is 10.6. The van der Waals surface area contributed by atoms with Crippen molar-refractivity contribution in [2.24, 2.45) is 11.8 Å². The minimum absolute atomic E-state index is 0. The number of nitrogens with one attached hydrogen (secondary N) is 2. The minimum atomic E-state index is 0. The maximum Gasteiger partial charge on any atom is 0.234 e. The molecule has 1 aromatic rings. The lowest BCUT2D eigenvalue weighted by Gasteiger charge is -2.13. The van der Waals surface area contributed by atoms with Gasteiger partial charge in [0.05, 0.1) is 13.2 Å². The molecular weight excluding hydrogens is 312 g/mol. The van der Waals surface area contributed by atoms with Gasteiger partial charge in [0.15, 0.2) is 0 Å². The number of amides is 1. The average Bonchev–Trinajstić information content (AvgIpc) is 3.30. The summed E-state index contributed by atoms with van der Waals surface area (Å²) in [5.41, 5.74) is 1.03. The second kappa shape index (κ2) is 10.5. The van der Waals surface area contributed by atoms with Crippen LogP contribution in [0.3, 0.4) is 0 Å². The number of rotatable bonds is 10. The van der Waals surface area contributed by atoms with Gasteiger partial charge in [-0.2, -0.15) is 0 Å². The van der Waals surface area contributed by atoms with Crippen LogP contribution < -0.4 is 15.4 Å². The SMILES string of the molecule is CC(C)CCOc1ccccc1CNC(=O)CNCC1CC1.Cl. The van der Waals surface area contributed by atoms with Crippen molar-refractivity contribution in [2.45, 2.75) is 39.7 Å². The van der Waals surface area contributed by atoms with Crippen LogP contribution in [0.15, 0.2) is 24.3 Å². The number of halogens is 1. The summed E-state index contributed by atoms with van der Waals surface area (Å²) in [6, 6.07) is 7.91. The third kappa shape index (κ3) is 8.24. The lowest BCUT2D eigenvalue weighted by Crippen LogP contribution is -2.34. The summed E-state index contributed by atoms with van der Waals surface area (Å²) in [6.45, 7) is 6.96. The molecule has 0 saturated heterocycles. The predicted molar refractivity (Wildman–Crippen MR) is 96.1 cm³/mol. The molecule has 0 atom stereocenters. The summed E-state index contributed by atoms with van der Waals surface area (Å²) < 4.78 is 5.83. The Bertz CT molecular complexity index is 476. The molecule has 1 aromatic carbocycles. The Balaban J connectivity index is 0.00000264. The summed E-state index contributed by atoms with van der Waals surface area (Å²) in [4.78, 5) is 11.8. The molecule has 0 radical (unpaired) electrons. The van der Waals surface area contributed by atoms with Gasteiger partial charge in [0, 0.05) is 12.1 Å². The topological polar surface area (TPSA) is 50.4 Å². The maximum atomic E-state index is 11.8. The molecule has 0 spiro atoms. The summed E-state index contributed by atoms with van der Waals surface area (Å²) in [5, 5.41) is 6.15. The number of para-hydroxylation sites is 1. The molecule has 0 aromatic heterocycles. The van der Waals surface area contributed by atoms with E-state index in [1.165, 1.54) is 12.8 Å². The highest BCUT2D eigenvalue weighted by Crippen LogP contribution is 2.27. The van der Waals surface area contributed by atoms with E-state index in [4.69, 9.17) is 4.74 Å². The Morgan fingerprint density at radius 3 is 2.74 bits per heavy atom. The van der Waals surface area contributed by atoms with Gasteiger partial charge in [-0.3, -0.25) is 4.79 Å². The number of ether oxygens (including phenoxy) is 1. The molecule has 1 saturated carbocycles. The van der Waals surface area contributed by atoms with Gasteiger partial charge >= 0.3 is 0 Å². The van der Waals surface area contributed by atoms with Gasteiger partial charge in [-0.15, -0.1) is 12.4 Å². The molecule has 0 unspecified atom stereocenters. The quantitative estimate of drug-likeness (QED) is 0.688. The smallest absolute Gasteiger partial charge is 0.234 e. The van der Waals surface area contributed by atoms with Gasteiger partial charge < -0.3 is 15.4 Å². The molecule has 1 aliphatic carbocycles. The molecule has 2 rings (SSSR count). The van der Waals surface area contributed by atoms with Crippen molar-refractivity contribution < 1.29 is 9.53 Å². The third-order valence-electron chi connectivity index (χ3n) is 3.82. The zero-order chi connectivity index (χ0) is 15.8. The highest BCUT2D eigenvalue weighted by Gasteiger charge is 2.20. The number of carbonyl (C=O) groups is 1. The molecule has 5 heteroatoms. The van der Waals surface area contributed by atoms with Crippen LogP contribution >= 0.6 is 12.4 Å². The van der Waals surface area contributed by atoms with Crippen LogP contribution in [0.5, 0.6) is 5.75 Å². The molecule has 1 fully saturated rings. The Hall–Kier alpha value is -1.26. The second-order valence-corrected chi connectivity index (χ2v) is 6.49. The van der Waals surface area contributed by atoms with Crippen LogP contribution in [0.4, 0.5) is 0 Å². The van der Waals surface area contributed by atoms with Crippen LogP contribution in [0.2, 0.25) is 0 Å². The van der Waals surface area contributed by atoms with E-state index in [0.717, 1.165) is 30.2 Å². The van der Waals surface area contributed by atoms with Crippen LogP contribution in [-0.4, -0.2) is 25.6 Å². The van der Waals surface area contributed by atoms with Gasteiger partial charge in [-0.1, -0.05) is 32.0 Å². The third-order valence-corrected chi connectivity index (χ3v) is 3.82. The van der Waals surface area contributed by atoms with Gasteiger partial charge in [-0.25, -0.2) is 0 Å². The van der Waals surface area contributed by atoms with E-state index in [9.17, 15) is 4.79 Å². The fraction of sp³-hybridized carbons (Fsp3) is 0.611. The zero-order valence-electron chi connectivity index (χ0n) is 14.1. The molecule has 130 valence electrons. The molecule has 4 nitrogen and oxygen atoms in total. The van der Waals surface area contributed by atoms with Crippen LogP contribution in [0, 0.1) is 11.8 Å². The lowest BCUT2D eigenvalue weighted by molar-refractivity contribution is -0.120. The van der Waals surface area contributed by atoms with E-state index in [0.29, 0.717) is 25.6 Å². The van der Waals surface area contributed by atoms with Crippen molar-refractivity contribution in [1.29, 1.82) is 0 Å². The molecule has 0 aliphatic heterocycles. The minimum Gasteiger partial charge on any atom is -0.493 e. The maximum absolute atomic E-state index is 11.8. The predicted octanol–water partition coefficient (Wildman–Crippen LogP) is 3.15. The first-order valence-corrected chi connectivity index (χ1v) is 8.33. The second-order valence-electron chi connectivity index (χ2n) is 6.49. The normalized spacial score (nSPS) is 13.5. The van der Waals surface area contributed by atoms with E-state index in [1.54, 1.807) is 0 Å². The summed E-state index contributed by atoms with van der Waals surface area (Å²) in [5.74, 6) is 2.33. The molecule has 23 heavy (non-hydrogen) atoms. The van der Waals surface area contributed by atoms with Crippen molar-refractivity contribution in [2.75, 3.05) is 19.7 Å². The van der Waals surface area contributed by atoms with Crippen molar-refractivity contribution >= 4 is 18.3 Å². The monoisotopic (exact) mass is 340 g/mol. The van der Waals surface area contributed by atoms with E-state index in [-0.39, 0.29) is 18.3 Å². The van der Waals surface area contributed by atoms with E-state index < -0.39 is 0 Å². The highest BCUT2D eigenvalue weighted by molar-refractivity contribution is 5.85. The summed E-state index contributed by atoms with van der Waals surface area (Å²) in [6.07, 6.45) is 3.64. The van der Waals surface area contributed by atoms with Crippen molar-refractivity contribution in [1.82, 2.24) is 10.6 Å². The Morgan fingerprint density at radius 1 is 1.30 bits per heavy atom. The highest BCUT2D eigenvalue weighted by atomic mass is 35.5. The van der Waals surface area contributed by atoms with Crippen molar-refractivity contribution in [3.8, 4) is 5.75 Å². The number of benzene rings is 1. The van der Waals surface area contributed by atoms with Crippen molar-refractivity contribution in [3.05, 3.63) is 29.8 Å². The molecule has 0 heterocycles. The van der Waals surface area contributed by atoms with Crippen LogP contribution in [0.25, 0.3) is 0 Å². The number of hydrogen-bond donors (Lipinski definition) is 2. The van der Waals surface area contributed by atoms with Gasteiger partial charge in [0.25, 0.3) is 0 Å². The first-order valence-electron chi connectivity index (χ1n) is 8.33. The van der Waals surface area contributed by atoms with Gasteiger partial charge in [-0.05, 0) is 43.7 Å². The van der Waals surface area contributed by atoms with Crippen molar-refractivity contribution in [3.63, 3.8) is 0 Å². The number of hydrogen-bond acceptors (Lipinski definition) is 3. The van der Waals surface area contributed by atoms with E-state index in [2.05, 4.69) is 24.5 Å². The summed E-state index contributed by atoms with van der Waals surface area (Å²) in [7, 11) is 0. The number of carbonyl (C=O) groups excluding carboxylic acids is 1. The molecule has 0 bridgehead atoms.